The van der Waals surface area contributed by atoms with E-state index in [9.17, 15) is 13.6 Å². The van der Waals surface area contributed by atoms with Gasteiger partial charge in [-0.15, -0.1) is 0 Å². The highest BCUT2D eigenvalue weighted by molar-refractivity contribution is 7.99. The number of nitrogens with one attached hydrogen (secondary N) is 3. The lowest BCUT2D eigenvalue weighted by molar-refractivity contribution is -0.113. The Labute approximate surface area is 242 Å². The largest absolute Gasteiger partial charge is 0.381 e. The summed E-state index contributed by atoms with van der Waals surface area (Å²) >= 11 is 1.01. The van der Waals surface area contributed by atoms with E-state index in [0.29, 0.717) is 33.4 Å². The molecule has 3 aromatic rings. The fourth-order valence-corrected chi connectivity index (χ4v) is 6.65. The van der Waals surface area contributed by atoms with Crippen LogP contribution in [0.2, 0.25) is 0 Å². The van der Waals surface area contributed by atoms with E-state index in [0.717, 1.165) is 88.4 Å². The minimum absolute atomic E-state index is 0.113. The zero-order valence-corrected chi connectivity index (χ0v) is 23.8. The molecule has 216 valence electrons. The van der Waals surface area contributed by atoms with Crippen molar-refractivity contribution < 1.29 is 18.3 Å². The number of aromatic amines is 1. The fourth-order valence-electron chi connectivity index (χ4n) is 5.81. The number of allylic oxidation sites excluding steroid dienone is 2. The smallest absolute Gasteiger partial charge is 0.254 e. The number of aromatic nitrogens is 3. The van der Waals surface area contributed by atoms with Crippen molar-refractivity contribution in [1.82, 2.24) is 25.4 Å². The van der Waals surface area contributed by atoms with E-state index < -0.39 is 11.6 Å². The van der Waals surface area contributed by atoms with Crippen molar-refractivity contribution in [3.05, 3.63) is 65.3 Å². The van der Waals surface area contributed by atoms with Gasteiger partial charge in [-0.3, -0.25) is 9.89 Å². The Morgan fingerprint density at radius 2 is 1.90 bits per heavy atom. The van der Waals surface area contributed by atoms with Crippen LogP contribution in [0.15, 0.2) is 63.6 Å². The third-order valence-electron chi connectivity index (χ3n) is 8.18. The first-order valence-corrected chi connectivity index (χ1v) is 15.0. The van der Waals surface area contributed by atoms with E-state index in [1.165, 1.54) is 5.57 Å². The van der Waals surface area contributed by atoms with Gasteiger partial charge in [-0.2, -0.15) is 5.10 Å². The Kier molecular flexibility index (Phi) is 8.47. The van der Waals surface area contributed by atoms with Crippen LogP contribution < -0.4 is 10.6 Å². The van der Waals surface area contributed by atoms with Crippen LogP contribution >= 0.6 is 11.8 Å². The lowest BCUT2D eigenvalue weighted by Gasteiger charge is -2.36. The number of piperidine rings is 1. The molecule has 0 radical (unpaired) electrons. The second-order valence-electron chi connectivity index (χ2n) is 11.0. The molecule has 0 saturated carbocycles. The number of amides is 1. The summed E-state index contributed by atoms with van der Waals surface area (Å²) in [6, 6.07) is 6.95. The fraction of sp³-hybridized carbons (Fsp3) is 0.433. The minimum atomic E-state index is -0.529. The lowest BCUT2D eigenvalue weighted by atomic mass is 9.81. The number of fused-ring (bicyclic) bond motifs is 1. The van der Waals surface area contributed by atoms with Crippen LogP contribution in [0.4, 0.5) is 14.6 Å². The molecule has 1 aliphatic carbocycles. The molecule has 0 bridgehead atoms. The highest BCUT2D eigenvalue weighted by Crippen LogP contribution is 2.34. The number of hydrogen-bond acceptors (Lipinski definition) is 7. The van der Waals surface area contributed by atoms with Crippen molar-refractivity contribution in [1.29, 1.82) is 0 Å². The second kappa shape index (κ2) is 12.4. The molecule has 1 unspecified atom stereocenters. The third kappa shape index (κ3) is 6.53. The number of ether oxygens (including phenoxy) is 1. The number of halogens is 2. The van der Waals surface area contributed by atoms with Crippen molar-refractivity contribution in [3.63, 3.8) is 0 Å². The Morgan fingerprint density at radius 1 is 1.10 bits per heavy atom. The van der Waals surface area contributed by atoms with E-state index in [4.69, 9.17) is 4.74 Å². The van der Waals surface area contributed by atoms with E-state index in [-0.39, 0.29) is 22.9 Å². The molecule has 2 aliphatic heterocycles. The van der Waals surface area contributed by atoms with Gasteiger partial charge in [0.15, 0.2) is 5.82 Å². The quantitative estimate of drug-likeness (QED) is 0.360. The standard InChI is InChI=1S/C30H34F2N6O2S/c1-38-12-8-18(9-13-38)19-2-4-22(25(16-19)33-21-10-14-40-15-11-21)30(39)35-29-28-24(36-37-29)6-7-27(34-28)41-26-17-20(31)3-5-23(26)32/h2-7,17-18,21,25,33H,8-16H2,1H3,(H2,35,36,37,39). The van der Waals surface area contributed by atoms with Gasteiger partial charge in [-0.25, -0.2) is 13.8 Å². The maximum atomic E-state index is 14.2. The van der Waals surface area contributed by atoms with Gasteiger partial charge in [0.25, 0.3) is 5.91 Å². The van der Waals surface area contributed by atoms with Crippen molar-refractivity contribution >= 4 is 34.5 Å². The number of H-pyrrole nitrogens is 1. The molecule has 11 heteroatoms. The van der Waals surface area contributed by atoms with Crippen LogP contribution in [0.25, 0.3) is 11.0 Å². The summed E-state index contributed by atoms with van der Waals surface area (Å²) < 4.78 is 33.4. The van der Waals surface area contributed by atoms with E-state index >= 15 is 0 Å². The molecule has 0 spiro atoms. The molecule has 41 heavy (non-hydrogen) atoms. The number of pyridine rings is 1. The summed E-state index contributed by atoms with van der Waals surface area (Å²) in [5.74, 6) is -0.465. The molecule has 3 aliphatic rings. The predicted octanol–water partition coefficient (Wildman–Crippen LogP) is 5.06. The topological polar surface area (TPSA) is 95.2 Å². The molecule has 1 amide bonds. The Bertz CT molecular complexity index is 1480. The summed E-state index contributed by atoms with van der Waals surface area (Å²) in [4.78, 5) is 20.8. The zero-order chi connectivity index (χ0) is 28.3. The maximum absolute atomic E-state index is 14.2. The Morgan fingerprint density at radius 3 is 2.71 bits per heavy atom. The van der Waals surface area contributed by atoms with E-state index in [1.807, 2.05) is 6.08 Å². The molecular formula is C30H34F2N6O2S. The number of carbonyl (C=O) groups excluding carboxylic acids is 1. The van der Waals surface area contributed by atoms with Gasteiger partial charge in [0, 0.05) is 30.9 Å². The zero-order valence-electron chi connectivity index (χ0n) is 23.0. The second-order valence-corrected chi connectivity index (χ2v) is 12.1. The molecule has 2 fully saturated rings. The highest BCUT2D eigenvalue weighted by Gasteiger charge is 2.31. The van der Waals surface area contributed by atoms with Crippen LogP contribution in [-0.2, 0) is 9.53 Å². The number of nitrogens with zero attached hydrogens (tertiary/aromatic N) is 3. The van der Waals surface area contributed by atoms with Crippen molar-refractivity contribution in [3.8, 4) is 0 Å². The van der Waals surface area contributed by atoms with Crippen LogP contribution in [0.3, 0.4) is 0 Å². The first-order chi connectivity index (χ1) is 19.9. The van der Waals surface area contributed by atoms with Crippen molar-refractivity contribution in [2.45, 2.75) is 54.1 Å². The third-order valence-corrected chi connectivity index (χ3v) is 9.15. The summed E-state index contributed by atoms with van der Waals surface area (Å²) in [6.07, 6.45) is 8.98. The first-order valence-electron chi connectivity index (χ1n) is 14.2. The van der Waals surface area contributed by atoms with Crippen LogP contribution in [0.5, 0.6) is 0 Å². The molecule has 1 atom stereocenters. The van der Waals surface area contributed by atoms with Gasteiger partial charge >= 0.3 is 0 Å². The van der Waals surface area contributed by atoms with Gasteiger partial charge in [0.05, 0.1) is 10.4 Å². The Balaban J connectivity index is 1.23. The molecular weight excluding hydrogens is 546 g/mol. The van der Waals surface area contributed by atoms with Crippen LogP contribution in [0, 0.1) is 17.6 Å². The first kappa shape index (κ1) is 28.0. The van der Waals surface area contributed by atoms with E-state index in [1.54, 1.807) is 12.1 Å². The molecule has 8 nitrogen and oxygen atoms in total. The van der Waals surface area contributed by atoms with Crippen molar-refractivity contribution in [2.24, 2.45) is 5.92 Å². The number of rotatable bonds is 7. The molecule has 4 heterocycles. The number of hydrogen-bond donors (Lipinski definition) is 3. The number of likely N-dealkylation sites (tertiary alicyclic amines) is 1. The molecule has 6 rings (SSSR count). The SMILES string of the molecule is CN1CCC(C2=CC=C(C(=O)Nc3n[nH]c4ccc(Sc5cc(F)ccc5F)nc34)C(NC3CCOCC3)C2)CC1. The van der Waals surface area contributed by atoms with Crippen LogP contribution in [0.1, 0.15) is 32.1 Å². The van der Waals surface area contributed by atoms with Crippen LogP contribution in [-0.4, -0.2) is 71.4 Å². The van der Waals surface area contributed by atoms with Gasteiger partial charge in [0.1, 0.15) is 22.2 Å². The summed E-state index contributed by atoms with van der Waals surface area (Å²) in [5.41, 5.74) is 3.14. The maximum Gasteiger partial charge on any atom is 0.254 e. The number of anilines is 1. The summed E-state index contributed by atoms with van der Waals surface area (Å²) in [6.45, 7) is 3.61. The monoisotopic (exact) mass is 580 g/mol. The highest BCUT2D eigenvalue weighted by atomic mass is 32.2. The van der Waals surface area contributed by atoms with Gasteiger partial charge in [-0.05, 0) is 88.5 Å². The minimum Gasteiger partial charge on any atom is -0.381 e. The number of benzene rings is 1. The normalized spacial score (nSPS) is 21.1. The average Bonchev–Trinajstić information content (AvgIpc) is 3.37. The van der Waals surface area contributed by atoms with Gasteiger partial charge < -0.3 is 20.3 Å². The average molecular weight is 581 g/mol. The molecule has 2 saturated heterocycles. The molecule has 2 aromatic heterocycles. The summed E-state index contributed by atoms with van der Waals surface area (Å²) in [5, 5.41) is 14.4. The predicted molar refractivity (Wildman–Crippen MR) is 155 cm³/mol. The lowest BCUT2D eigenvalue weighted by Crippen LogP contribution is -2.46. The molecule has 1 aromatic carbocycles. The van der Waals surface area contributed by atoms with E-state index in [2.05, 4.69) is 43.8 Å². The summed E-state index contributed by atoms with van der Waals surface area (Å²) in [7, 11) is 2.17. The Hall–Kier alpha value is -3.12. The van der Waals surface area contributed by atoms with Gasteiger partial charge in [0.2, 0.25) is 0 Å². The number of carbonyl (C=O) groups is 1. The molecule has 3 N–H and O–H groups in total. The van der Waals surface area contributed by atoms with Gasteiger partial charge in [-0.1, -0.05) is 29.5 Å². The van der Waals surface area contributed by atoms with Crippen molar-refractivity contribution in [2.75, 3.05) is 38.7 Å².